The van der Waals surface area contributed by atoms with Crippen molar-refractivity contribution in [3.8, 4) is 11.4 Å². The second-order valence-corrected chi connectivity index (χ2v) is 9.34. The summed E-state index contributed by atoms with van der Waals surface area (Å²) in [7, 11) is 0. The number of hydrogen-bond acceptors (Lipinski definition) is 6. The Kier molecular flexibility index (Phi) is 11.8. The average molecular weight is 629 g/mol. The SMILES string of the molecule is CC(C)CC(=O)NC(c1ccc(-n2ccnc2)cc1)c1ccc2cccnc2c1O.O=C(O)C(F)(F)F.O=C(O)C(F)(F)F. The maximum atomic E-state index is 12.6. The van der Waals surface area contributed by atoms with Crippen molar-refractivity contribution in [1.29, 1.82) is 0 Å². The molecule has 1 amide bonds. The Bertz CT molecular complexity index is 1530. The Morgan fingerprint density at radius 3 is 1.93 bits per heavy atom. The summed E-state index contributed by atoms with van der Waals surface area (Å²) in [5.41, 5.74) is 2.98. The summed E-state index contributed by atoms with van der Waals surface area (Å²) < 4.78 is 65.4. The molecule has 2 aromatic carbocycles. The zero-order valence-corrected chi connectivity index (χ0v) is 23.0. The molecule has 16 heteroatoms. The van der Waals surface area contributed by atoms with Crippen LogP contribution in [0.5, 0.6) is 5.75 Å². The van der Waals surface area contributed by atoms with E-state index in [1.807, 2.05) is 73.1 Å². The van der Waals surface area contributed by atoms with Crippen molar-refractivity contribution in [2.45, 2.75) is 38.7 Å². The van der Waals surface area contributed by atoms with Crippen LogP contribution in [0, 0.1) is 5.92 Å². The predicted octanol–water partition coefficient (Wildman–Crippen LogP) is 5.64. The molecule has 44 heavy (non-hydrogen) atoms. The number of amides is 1. The minimum Gasteiger partial charge on any atom is -0.505 e. The van der Waals surface area contributed by atoms with E-state index in [1.165, 1.54) is 0 Å². The molecule has 0 fully saturated rings. The molecule has 0 aliphatic rings. The number of aromatic hydroxyl groups is 1. The summed E-state index contributed by atoms with van der Waals surface area (Å²) in [6.45, 7) is 4.01. The number of phenolic OH excluding ortho intramolecular Hbond substituents is 1. The first-order chi connectivity index (χ1) is 20.4. The van der Waals surface area contributed by atoms with Crippen LogP contribution in [0.15, 0.2) is 73.4 Å². The van der Waals surface area contributed by atoms with Crippen molar-refractivity contribution in [3.63, 3.8) is 0 Å². The van der Waals surface area contributed by atoms with Gasteiger partial charge in [-0.3, -0.25) is 9.78 Å². The number of nitrogens with zero attached hydrogens (tertiary/aromatic N) is 3. The lowest BCUT2D eigenvalue weighted by Crippen LogP contribution is -2.30. The molecule has 236 valence electrons. The molecule has 0 bridgehead atoms. The summed E-state index contributed by atoms with van der Waals surface area (Å²) in [4.78, 5) is 38.8. The van der Waals surface area contributed by atoms with Gasteiger partial charge in [-0.2, -0.15) is 26.3 Å². The quantitative estimate of drug-likeness (QED) is 0.200. The topological polar surface area (TPSA) is 155 Å². The number of imidazole rings is 1. The molecule has 4 rings (SSSR count). The maximum Gasteiger partial charge on any atom is 0.490 e. The smallest absolute Gasteiger partial charge is 0.490 e. The van der Waals surface area contributed by atoms with Gasteiger partial charge in [0.15, 0.2) is 0 Å². The van der Waals surface area contributed by atoms with Crippen molar-refractivity contribution in [3.05, 3.63) is 84.6 Å². The predicted molar refractivity (Wildman–Crippen MR) is 144 cm³/mol. The Hall–Kier alpha value is -5.15. The maximum absolute atomic E-state index is 12.6. The van der Waals surface area contributed by atoms with Gasteiger partial charge < -0.3 is 25.2 Å². The number of carbonyl (C=O) groups is 3. The number of aromatic nitrogens is 3. The molecule has 2 heterocycles. The Morgan fingerprint density at radius 2 is 1.45 bits per heavy atom. The first-order valence-electron chi connectivity index (χ1n) is 12.5. The molecule has 0 aliphatic heterocycles. The van der Waals surface area contributed by atoms with E-state index in [-0.39, 0.29) is 17.6 Å². The summed E-state index contributed by atoms with van der Waals surface area (Å²) in [5, 5.41) is 29.1. The number of carboxylic acids is 2. The van der Waals surface area contributed by atoms with Crippen molar-refractivity contribution >= 4 is 28.7 Å². The number of halogens is 6. The van der Waals surface area contributed by atoms with Gasteiger partial charge in [-0.15, -0.1) is 0 Å². The van der Waals surface area contributed by atoms with Crippen LogP contribution < -0.4 is 5.32 Å². The normalized spacial score (nSPS) is 11.9. The number of aliphatic carboxylic acids is 2. The first kappa shape index (κ1) is 35.0. The van der Waals surface area contributed by atoms with Crippen molar-refractivity contribution < 1.29 is 56.0 Å². The molecule has 0 saturated carbocycles. The van der Waals surface area contributed by atoms with Gasteiger partial charge in [0.25, 0.3) is 0 Å². The van der Waals surface area contributed by atoms with Gasteiger partial charge in [-0.1, -0.05) is 44.2 Å². The van der Waals surface area contributed by atoms with Gasteiger partial charge in [0.05, 0.1) is 12.4 Å². The second kappa shape index (κ2) is 14.8. The monoisotopic (exact) mass is 628 g/mol. The Balaban J connectivity index is 0.000000402. The van der Waals surface area contributed by atoms with E-state index in [2.05, 4.69) is 15.3 Å². The number of nitrogens with one attached hydrogen (secondary N) is 1. The molecule has 0 radical (unpaired) electrons. The number of rotatable bonds is 6. The lowest BCUT2D eigenvalue weighted by Gasteiger charge is -2.22. The van der Waals surface area contributed by atoms with Crippen LogP contribution in [0.25, 0.3) is 16.6 Å². The number of phenols is 1. The van der Waals surface area contributed by atoms with Gasteiger partial charge in [-0.05, 0) is 29.7 Å². The molecule has 2 aromatic heterocycles. The highest BCUT2D eigenvalue weighted by Crippen LogP contribution is 2.35. The van der Waals surface area contributed by atoms with Gasteiger partial charge in [0.1, 0.15) is 11.3 Å². The molecule has 0 spiro atoms. The number of carbonyl (C=O) groups excluding carboxylic acids is 1. The standard InChI is InChI=1S/C24H24N4O2.2C2HF3O2/c1-16(2)14-21(29)27-22(18-5-8-19(9-6-18)28-13-12-25-15-28)20-10-7-17-4-3-11-26-23(17)24(20)30;2*3-2(4,5)1(6)7/h3-13,15-16,22,30H,14H2,1-2H3,(H,27,29);2*(H,6,7). The molecule has 4 aromatic rings. The van der Waals surface area contributed by atoms with E-state index in [9.17, 15) is 36.2 Å². The number of hydrogen-bond donors (Lipinski definition) is 4. The minimum absolute atomic E-state index is 0.0609. The summed E-state index contributed by atoms with van der Waals surface area (Å²) in [6, 6.07) is 14.9. The van der Waals surface area contributed by atoms with Crippen molar-refractivity contribution in [1.82, 2.24) is 19.9 Å². The van der Waals surface area contributed by atoms with Crippen LogP contribution in [-0.4, -0.2) is 60.1 Å². The number of carboxylic acid groups (broad SMARTS) is 2. The highest BCUT2D eigenvalue weighted by molar-refractivity contribution is 5.86. The molecular weight excluding hydrogens is 602 g/mol. The van der Waals surface area contributed by atoms with Gasteiger partial charge in [0.2, 0.25) is 5.91 Å². The zero-order valence-electron chi connectivity index (χ0n) is 23.0. The minimum atomic E-state index is -5.08. The third-order valence-corrected chi connectivity index (χ3v) is 5.50. The van der Waals surface area contributed by atoms with E-state index >= 15 is 0 Å². The molecule has 1 unspecified atom stereocenters. The fourth-order valence-electron chi connectivity index (χ4n) is 3.56. The highest BCUT2D eigenvalue weighted by atomic mass is 19.4. The fraction of sp³-hybridized carbons (Fsp3) is 0.250. The van der Waals surface area contributed by atoms with Crippen LogP contribution in [0.1, 0.15) is 37.4 Å². The van der Waals surface area contributed by atoms with Crippen LogP contribution in [-0.2, 0) is 14.4 Å². The van der Waals surface area contributed by atoms with Crippen LogP contribution in [0.4, 0.5) is 26.3 Å². The lowest BCUT2D eigenvalue weighted by atomic mass is 9.95. The van der Waals surface area contributed by atoms with Crippen LogP contribution in [0.3, 0.4) is 0 Å². The third kappa shape index (κ3) is 10.3. The molecule has 0 aliphatic carbocycles. The Morgan fingerprint density at radius 1 is 0.886 bits per heavy atom. The molecule has 4 N–H and O–H groups in total. The number of benzene rings is 2. The molecular formula is C28H26F6N4O6. The van der Waals surface area contributed by atoms with E-state index < -0.39 is 30.3 Å². The summed E-state index contributed by atoms with van der Waals surface area (Å²) in [5.74, 6) is -5.25. The van der Waals surface area contributed by atoms with Gasteiger partial charge >= 0.3 is 24.3 Å². The zero-order chi connectivity index (χ0) is 33.2. The van der Waals surface area contributed by atoms with Gasteiger partial charge in [-0.25, -0.2) is 14.6 Å². The number of alkyl halides is 6. The van der Waals surface area contributed by atoms with Crippen molar-refractivity contribution in [2.24, 2.45) is 5.92 Å². The number of pyridine rings is 1. The summed E-state index contributed by atoms with van der Waals surface area (Å²) >= 11 is 0. The summed E-state index contributed by atoms with van der Waals surface area (Å²) in [6.07, 6.45) is -2.77. The Labute approximate surface area is 245 Å². The average Bonchev–Trinajstić information content (AvgIpc) is 3.47. The van der Waals surface area contributed by atoms with Gasteiger partial charge in [0, 0.05) is 41.6 Å². The van der Waals surface area contributed by atoms with Crippen molar-refractivity contribution in [2.75, 3.05) is 0 Å². The fourth-order valence-corrected chi connectivity index (χ4v) is 3.56. The van der Waals surface area contributed by atoms with E-state index in [0.717, 1.165) is 16.6 Å². The third-order valence-electron chi connectivity index (χ3n) is 5.50. The van der Waals surface area contributed by atoms with Crippen LogP contribution >= 0.6 is 0 Å². The highest BCUT2D eigenvalue weighted by Gasteiger charge is 2.38. The molecule has 10 nitrogen and oxygen atoms in total. The molecule has 0 saturated heterocycles. The largest absolute Gasteiger partial charge is 0.505 e. The van der Waals surface area contributed by atoms with E-state index in [4.69, 9.17) is 19.8 Å². The van der Waals surface area contributed by atoms with Crippen LogP contribution in [0.2, 0.25) is 0 Å². The molecule has 1 atom stereocenters. The van der Waals surface area contributed by atoms with E-state index in [1.54, 1.807) is 18.7 Å². The second-order valence-electron chi connectivity index (χ2n) is 9.34. The lowest BCUT2D eigenvalue weighted by molar-refractivity contribution is -0.193. The first-order valence-corrected chi connectivity index (χ1v) is 12.5. The number of fused-ring (bicyclic) bond motifs is 1. The van der Waals surface area contributed by atoms with E-state index in [0.29, 0.717) is 17.5 Å².